The molecule has 0 radical (unpaired) electrons. The molecule has 1 fully saturated rings. The molecule has 1 aromatic heterocycles. The Morgan fingerprint density at radius 2 is 2.38 bits per heavy atom. The van der Waals surface area contributed by atoms with E-state index in [2.05, 4.69) is 4.98 Å². The van der Waals surface area contributed by atoms with Crippen molar-refractivity contribution in [1.29, 1.82) is 0 Å². The lowest BCUT2D eigenvalue weighted by atomic mass is 10.3. The summed E-state index contributed by atoms with van der Waals surface area (Å²) in [4.78, 5) is 13.9. The maximum Gasteiger partial charge on any atom is 0.216 e. The SMILES string of the molecule is O=Cc1cnc(F)cc1OC1CC1. The molecule has 68 valence electrons. The van der Waals surface area contributed by atoms with Crippen LogP contribution in [0.3, 0.4) is 0 Å². The van der Waals surface area contributed by atoms with Crippen molar-refractivity contribution in [2.24, 2.45) is 0 Å². The van der Waals surface area contributed by atoms with E-state index in [1.54, 1.807) is 0 Å². The number of hydrogen-bond donors (Lipinski definition) is 0. The summed E-state index contributed by atoms with van der Waals surface area (Å²) in [6.45, 7) is 0. The van der Waals surface area contributed by atoms with Crippen molar-refractivity contribution in [3.05, 3.63) is 23.8 Å². The van der Waals surface area contributed by atoms with Crippen LogP contribution in [0.25, 0.3) is 0 Å². The molecule has 1 aliphatic carbocycles. The van der Waals surface area contributed by atoms with Gasteiger partial charge in [0.25, 0.3) is 0 Å². The summed E-state index contributed by atoms with van der Waals surface area (Å²) in [6, 6.07) is 1.14. The molecular formula is C9H8FNO2. The molecule has 0 saturated heterocycles. The van der Waals surface area contributed by atoms with E-state index in [0.29, 0.717) is 17.6 Å². The monoisotopic (exact) mass is 181 g/mol. The summed E-state index contributed by atoms with van der Waals surface area (Å²) in [5.74, 6) is -0.328. The number of halogens is 1. The maximum absolute atomic E-state index is 12.6. The third-order valence-electron chi connectivity index (χ3n) is 1.81. The number of aldehydes is 1. The normalized spacial score (nSPS) is 15.5. The van der Waals surface area contributed by atoms with Crippen LogP contribution >= 0.6 is 0 Å². The largest absolute Gasteiger partial charge is 0.489 e. The van der Waals surface area contributed by atoms with E-state index in [0.717, 1.165) is 18.9 Å². The van der Waals surface area contributed by atoms with Crippen LogP contribution in [0.4, 0.5) is 4.39 Å². The summed E-state index contributed by atoms with van der Waals surface area (Å²) in [7, 11) is 0. The van der Waals surface area contributed by atoms with Crippen molar-refractivity contribution in [3.8, 4) is 5.75 Å². The van der Waals surface area contributed by atoms with Crippen LogP contribution < -0.4 is 4.74 Å². The summed E-state index contributed by atoms with van der Waals surface area (Å²) in [5, 5.41) is 0. The lowest BCUT2D eigenvalue weighted by Crippen LogP contribution is -2.00. The molecule has 0 amide bonds. The smallest absolute Gasteiger partial charge is 0.216 e. The Labute approximate surface area is 74.5 Å². The van der Waals surface area contributed by atoms with Gasteiger partial charge in [-0.1, -0.05) is 0 Å². The number of nitrogens with zero attached hydrogens (tertiary/aromatic N) is 1. The highest BCUT2D eigenvalue weighted by Crippen LogP contribution is 2.28. The Morgan fingerprint density at radius 3 is 3.00 bits per heavy atom. The quantitative estimate of drug-likeness (QED) is 0.525. The maximum atomic E-state index is 12.6. The minimum atomic E-state index is -0.624. The van der Waals surface area contributed by atoms with Crippen molar-refractivity contribution in [2.45, 2.75) is 18.9 Å². The fourth-order valence-corrected chi connectivity index (χ4v) is 0.980. The first-order valence-electron chi connectivity index (χ1n) is 4.07. The van der Waals surface area contributed by atoms with Crippen LogP contribution in [0.1, 0.15) is 23.2 Å². The minimum Gasteiger partial charge on any atom is -0.489 e. The zero-order chi connectivity index (χ0) is 9.26. The molecule has 0 aromatic carbocycles. The van der Waals surface area contributed by atoms with Crippen LogP contribution in [0.15, 0.2) is 12.3 Å². The third-order valence-corrected chi connectivity index (χ3v) is 1.81. The van der Waals surface area contributed by atoms with Gasteiger partial charge in [0.15, 0.2) is 6.29 Å². The summed E-state index contributed by atoms with van der Waals surface area (Å²) < 4.78 is 18.0. The Balaban J connectivity index is 2.27. The minimum absolute atomic E-state index is 0.153. The molecule has 0 unspecified atom stereocenters. The molecular weight excluding hydrogens is 173 g/mol. The highest BCUT2D eigenvalue weighted by Gasteiger charge is 2.24. The van der Waals surface area contributed by atoms with Gasteiger partial charge in [-0.15, -0.1) is 0 Å². The van der Waals surface area contributed by atoms with Crippen molar-refractivity contribution >= 4 is 6.29 Å². The van der Waals surface area contributed by atoms with Crippen molar-refractivity contribution < 1.29 is 13.9 Å². The standard InChI is InChI=1S/C9H8FNO2/c10-9-3-8(13-7-1-2-7)6(5-12)4-11-9/h3-5,7H,1-2H2. The van der Waals surface area contributed by atoms with E-state index in [9.17, 15) is 9.18 Å². The Kier molecular flexibility index (Phi) is 1.96. The predicted molar refractivity (Wildman–Crippen MR) is 43.2 cm³/mol. The van der Waals surface area contributed by atoms with Crippen LogP contribution in [0, 0.1) is 5.95 Å². The van der Waals surface area contributed by atoms with E-state index in [1.165, 1.54) is 6.20 Å². The molecule has 0 spiro atoms. The van der Waals surface area contributed by atoms with E-state index in [-0.39, 0.29) is 6.10 Å². The van der Waals surface area contributed by atoms with Gasteiger partial charge in [0, 0.05) is 12.3 Å². The fourth-order valence-electron chi connectivity index (χ4n) is 0.980. The zero-order valence-electron chi connectivity index (χ0n) is 6.87. The average Bonchev–Trinajstić information content (AvgIpc) is 2.89. The highest BCUT2D eigenvalue weighted by atomic mass is 19.1. The highest BCUT2D eigenvalue weighted by molar-refractivity contribution is 5.78. The van der Waals surface area contributed by atoms with E-state index < -0.39 is 5.95 Å². The second-order valence-electron chi connectivity index (χ2n) is 2.98. The van der Waals surface area contributed by atoms with Gasteiger partial charge < -0.3 is 4.74 Å². The lowest BCUT2D eigenvalue weighted by molar-refractivity contribution is 0.111. The summed E-state index contributed by atoms with van der Waals surface area (Å²) in [6.07, 6.45) is 3.90. The van der Waals surface area contributed by atoms with Gasteiger partial charge in [-0.25, -0.2) is 4.98 Å². The van der Waals surface area contributed by atoms with E-state index >= 15 is 0 Å². The van der Waals surface area contributed by atoms with Crippen LogP contribution in [0.5, 0.6) is 5.75 Å². The Hall–Kier alpha value is -1.45. The number of hydrogen-bond acceptors (Lipinski definition) is 3. The molecule has 3 nitrogen and oxygen atoms in total. The fraction of sp³-hybridized carbons (Fsp3) is 0.333. The number of aromatic nitrogens is 1. The zero-order valence-corrected chi connectivity index (χ0v) is 6.87. The third kappa shape index (κ3) is 1.83. The molecule has 1 aliphatic rings. The number of carbonyl (C=O) groups excluding carboxylic acids is 1. The van der Waals surface area contributed by atoms with Crippen molar-refractivity contribution in [1.82, 2.24) is 4.98 Å². The molecule has 0 N–H and O–H groups in total. The van der Waals surface area contributed by atoms with Crippen LogP contribution in [-0.4, -0.2) is 17.4 Å². The molecule has 0 aliphatic heterocycles. The average molecular weight is 181 g/mol. The molecule has 0 bridgehead atoms. The first kappa shape index (κ1) is 8.16. The lowest BCUT2D eigenvalue weighted by Gasteiger charge is -2.05. The van der Waals surface area contributed by atoms with Gasteiger partial charge in [-0.05, 0) is 12.8 Å². The van der Waals surface area contributed by atoms with Gasteiger partial charge in [-0.3, -0.25) is 4.79 Å². The predicted octanol–water partition coefficient (Wildman–Crippen LogP) is 1.57. The van der Waals surface area contributed by atoms with Crippen molar-refractivity contribution in [3.63, 3.8) is 0 Å². The number of rotatable bonds is 3. The second-order valence-corrected chi connectivity index (χ2v) is 2.98. The summed E-state index contributed by atoms with van der Waals surface area (Å²) >= 11 is 0. The molecule has 2 rings (SSSR count). The van der Waals surface area contributed by atoms with Crippen molar-refractivity contribution in [2.75, 3.05) is 0 Å². The van der Waals surface area contributed by atoms with Gasteiger partial charge in [0.2, 0.25) is 5.95 Å². The molecule has 1 saturated carbocycles. The molecule has 4 heteroatoms. The van der Waals surface area contributed by atoms with Crippen LogP contribution in [0.2, 0.25) is 0 Å². The number of carbonyl (C=O) groups is 1. The molecule has 1 heterocycles. The second kappa shape index (κ2) is 3.12. The van der Waals surface area contributed by atoms with Gasteiger partial charge in [0.1, 0.15) is 5.75 Å². The topological polar surface area (TPSA) is 39.2 Å². The first-order valence-corrected chi connectivity index (χ1v) is 4.07. The Morgan fingerprint density at radius 1 is 1.62 bits per heavy atom. The van der Waals surface area contributed by atoms with Gasteiger partial charge >= 0.3 is 0 Å². The molecule has 13 heavy (non-hydrogen) atoms. The first-order chi connectivity index (χ1) is 6.29. The molecule has 1 aromatic rings. The van der Waals surface area contributed by atoms with Crippen LogP contribution in [-0.2, 0) is 0 Å². The number of ether oxygens (including phenoxy) is 1. The molecule has 0 atom stereocenters. The Bertz CT molecular complexity index is 336. The van der Waals surface area contributed by atoms with Gasteiger partial charge in [0.05, 0.1) is 11.7 Å². The number of pyridine rings is 1. The summed E-state index contributed by atoms with van der Waals surface area (Å²) in [5.41, 5.74) is 0.299. The van der Waals surface area contributed by atoms with E-state index in [1.807, 2.05) is 0 Å². The van der Waals surface area contributed by atoms with E-state index in [4.69, 9.17) is 4.74 Å². The van der Waals surface area contributed by atoms with Gasteiger partial charge in [-0.2, -0.15) is 4.39 Å².